The predicted octanol–water partition coefficient (Wildman–Crippen LogP) is 6.82. The molecule has 4 aliphatic rings. The van der Waals surface area contributed by atoms with Gasteiger partial charge in [0.2, 0.25) is 23.6 Å². The summed E-state index contributed by atoms with van der Waals surface area (Å²) in [7, 11) is 0. The number of nitrogens with one attached hydrogen (secondary N) is 4. The van der Waals surface area contributed by atoms with Gasteiger partial charge in [-0.2, -0.15) is 0 Å². The molecule has 4 N–H and O–H groups in total. The maximum atomic E-state index is 14.2. The highest BCUT2D eigenvalue weighted by atomic mass is 16.2. The first kappa shape index (κ1) is 46.0. The Labute approximate surface area is 398 Å². The molecule has 0 heterocycles. The smallest absolute Gasteiger partial charge is 0.253 e. The number of carbonyl (C=O) groups is 6. The first-order chi connectivity index (χ1) is 33.2. The highest BCUT2D eigenvalue weighted by Gasteiger charge is 2.42. The van der Waals surface area contributed by atoms with Crippen molar-refractivity contribution < 1.29 is 28.8 Å². The van der Waals surface area contributed by atoms with Crippen molar-refractivity contribution in [2.75, 3.05) is 26.2 Å². The molecule has 350 valence electrons. The number of amides is 6. The minimum Gasteiger partial charge on any atom is -0.353 e. The van der Waals surface area contributed by atoms with Crippen molar-refractivity contribution in [1.82, 2.24) is 31.1 Å². The minimum atomic E-state index is -0.361. The molecule has 5 aromatic rings. The molecule has 9 rings (SSSR count). The van der Waals surface area contributed by atoms with E-state index in [1.54, 1.807) is 24.3 Å². The average Bonchev–Trinajstić information content (AvgIpc) is 4.16. The number of nitrogens with zero attached hydrogens (tertiary/aromatic N) is 2. The largest absolute Gasteiger partial charge is 0.353 e. The lowest BCUT2D eigenvalue weighted by Crippen LogP contribution is -2.39. The summed E-state index contributed by atoms with van der Waals surface area (Å²) in [6.45, 7) is 0.426. The van der Waals surface area contributed by atoms with Crippen LogP contribution < -0.4 is 21.3 Å². The van der Waals surface area contributed by atoms with E-state index in [9.17, 15) is 28.8 Å². The fourth-order valence-corrected chi connectivity index (χ4v) is 9.50. The normalized spacial score (nSPS) is 22.7. The minimum absolute atomic E-state index is 0.0414. The zero-order valence-corrected chi connectivity index (χ0v) is 38.3. The standard InChI is InChI=1S/C56H60N6O6/c63-51(57-47-33-43(47)37-13-5-1-6-14-37)25-29-61(30-26-52(64)58-48-34-44(48)38-15-7-2-8-16-38)55(67)41-21-23-42(24-22-41)56(68)62(31-27-53(65)59-49-35-45(49)39-17-9-3-10-18-39)32-28-54(66)60-50-36-46(50)40-19-11-4-12-20-40/h1-24,43-50H,25-36H2,(H,57,63)(H,58,64)(H,59,65)(H,60,66)/t43-,44-,45-,46-,47+,48+,49+,50+/m1/s1. The highest BCUT2D eigenvalue weighted by Crippen LogP contribution is 2.43. The molecule has 0 radical (unpaired) electrons. The van der Waals surface area contributed by atoms with E-state index in [-0.39, 0.29) is 135 Å². The fraction of sp³-hybridized carbons (Fsp3) is 0.357. The van der Waals surface area contributed by atoms with Crippen LogP contribution in [0.4, 0.5) is 0 Å². The molecular formula is C56H60N6O6. The molecule has 0 aliphatic heterocycles. The molecule has 4 fully saturated rings. The fourth-order valence-electron chi connectivity index (χ4n) is 9.50. The SMILES string of the molecule is O=C(CCN(CCC(=O)N[C@H]1C[C@@H]1c1ccccc1)C(=O)c1ccc(C(=O)N(CCC(=O)N[C@H]2C[C@@H]2c2ccccc2)CCC(=O)N[C@H]2C[C@@H]2c2ccccc2)cc1)N[C@H]1C[C@@H]1c1ccccc1. The third-order valence-corrected chi connectivity index (χ3v) is 13.8. The van der Waals surface area contributed by atoms with E-state index in [4.69, 9.17) is 0 Å². The Morgan fingerprint density at radius 1 is 0.338 bits per heavy atom. The average molecular weight is 913 g/mol. The van der Waals surface area contributed by atoms with Gasteiger partial charge in [0, 0.05) is 111 Å². The van der Waals surface area contributed by atoms with Crippen LogP contribution in [0.15, 0.2) is 146 Å². The molecule has 6 amide bonds. The second-order valence-electron chi connectivity index (χ2n) is 18.9. The van der Waals surface area contributed by atoms with Crippen molar-refractivity contribution in [3.05, 3.63) is 179 Å². The number of hydrogen-bond donors (Lipinski definition) is 4. The van der Waals surface area contributed by atoms with E-state index in [0.717, 1.165) is 25.7 Å². The third kappa shape index (κ3) is 12.3. The van der Waals surface area contributed by atoms with Crippen LogP contribution in [0, 0.1) is 0 Å². The van der Waals surface area contributed by atoms with Gasteiger partial charge in [-0.3, -0.25) is 28.8 Å². The Morgan fingerprint density at radius 2 is 0.559 bits per heavy atom. The van der Waals surface area contributed by atoms with Gasteiger partial charge in [-0.1, -0.05) is 121 Å². The molecule has 4 saturated carbocycles. The van der Waals surface area contributed by atoms with E-state index >= 15 is 0 Å². The Hall–Kier alpha value is -7.08. The van der Waals surface area contributed by atoms with Crippen molar-refractivity contribution in [1.29, 1.82) is 0 Å². The van der Waals surface area contributed by atoms with Crippen molar-refractivity contribution in [3.63, 3.8) is 0 Å². The van der Waals surface area contributed by atoms with Crippen LogP contribution in [0.1, 0.15) is 118 Å². The molecule has 12 nitrogen and oxygen atoms in total. The van der Waals surface area contributed by atoms with Crippen LogP contribution in [-0.2, 0) is 19.2 Å². The van der Waals surface area contributed by atoms with E-state index in [1.165, 1.54) is 32.1 Å². The molecule has 8 atom stereocenters. The molecular weight excluding hydrogens is 853 g/mol. The number of rotatable bonds is 22. The molecule has 5 aromatic carbocycles. The topological polar surface area (TPSA) is 157 Å². The summed E-state index contributed by atoms with van der Waals surface area (Å²) < 4.78 is 0. The number of hydrogen-bond acceptors (Lipinski definition) is 6. The highest BCUT2D eigenvalue weighted by molar-refractivity contribution is 5.98. The van der Waals surface area contributed by atoms with Gasteiger partial charge in [-0.05, 0) is 72.2 Å². The molecule has 68 heavy (non-hydrogen) atoms. The van der Waals surface area contributed by atoms with E-state index in [1.807, 2.05) is 72.8 Å². The van der Waals surface area contributed by atoms with Gasteiger partial charge in [0.05, 0.1) is 0 Å². The number of benzene rings is 5. The molecule has 0 saturated heterocycles. The van der Waals surface area contributed by atoms with Crippen molar-refractivity contribution in [2.24, 2.45) is 0 Å². The second-order valence-corrected chi connectivity index (χ2v) is 18.9. The van der Waals surface area contributed by atoms with Crippen LogP contribution in [0.25, 0.3) is 0 Å². The van der Waals surface area contributed by atoms with Gasteiger partial charge in [-0.15, -0.1) is 0 Å². The van der Waals surface area contributed by atoms with Crippen LogP contribution in [0.2, 0.25) is 0 Å². The lowest BCUT2D eigenvalue weighted by molar-refractivity contribution is -0.123. The quantitative estimate of drug-likeness (QED) is 0.0598. The van der Waals surface area contributed by atoms with Crippen molar-refractivity contribution in [3.8, 4) is 0 Å². The Kier molecular flexibility index (Phi) is 14.4. The lowest BCUT2D eigenvalue weighted by Gasteiger charge is -2.24. The van der Waals surface area contributed by atoms with Gasteiger partial charge >= 0.3 is 0 Å². The summed E-state index contributed by atoms with van der Waals surface area (Å²) in [5, 5.41) is 12.5. The lowest BCUT2D eigenvalue weighted by atomic mass is 10.1. The summed E-state index contributed by atoms with van der Waals surface area (Å²) in [6, 6.07) is 46.8. The second kappa shape index (κ2) is 21.3. The Morgan fingerprint density at radius 3 is 0.779 bits per heavy atom. The van der Waals surface area contributed by atoms with Gasteiger partial charge in [0.15, 0.2) is 0 Å². The van der Waals surface area contributed by atoms with Crippen molar-refractivity contribution in [2.45, 2.75) is 99.2 Å². The maximum absolute atomic E-state index is 14.2. The first-order valence-corrected chi connectivity index (χ1v) is 24.2. The molecule has 12 heteroatoms. The van der Waals surface area contributed by atoms with Gasteiger partial charge in [0.25, 0.3) is 11.8 Å². The number of carbonyl (C=O) groups excluding carboxylic acids is 6. The summed E-state index contributed by atoms with van der Waals surface area (Å²) in [6.07, 6.45) is 3.71. The molecule has 0 bridgehead atoms. The molecule has 0 unspecified atom stereocenters. The summed E-state index contributed by atoms with van der Waals surface area (Å²) in [5.74, 6) is -0.315. The van der Waals surface area contributed by atoms with Crippen LogP contribution in [-0.4, -0.2) is 95.6 Å². The third-order valence-electron chi connectivity index (χ3n) is 13.8. The first-order valence-electron chi connectivity index (χ1n) is 24.2. The van der Waals surface area contributed by atoms with Crippen molar-refractivity contribution >= 4 is 35.4 Å². The van der Waals surface area contributed by atoms with Gasteiger partial charge in [-0.25, -0.2) is 0 Å². The molecule has 0 aromatic heterocycles. The van der Waals surface area contributed by atoms with Gasteiger partial charge < -0.3 is 31.1 Å². The summed E-state index contributed by atoms with van der Waals surface area (Å²) in [4.78, 5) is 84.3. The molecule has 0 spiro atoms. The van der Waals surface area contributed by atoms with Crippen LogP contribution in [0.5, 0.6) is 0 Å². The monoisotopic (exact) mass is 912 g/mol. The van der Waals surface area contributed by atoms with E-state index in [0.29, 0.717) is 11.1 Å². The van der Waals surface area contributed by atoms with Crippen LogP contribution >= 0.6 is 0 Å². The predicted molar refractivity (Wildman–Crippen MR) is 260 cm³/mol. The Bertz CT molecular complexity index is 2240. The zero-order valence-electron chi connectivity index (χ0n) is 38.3. The zero-order chi connectivity index (χ0) is 47.0. The Balaban J connectivity index is 0.824. The maximum Gasteiger partial charge on any atom is 0.253 e. The summed E-state index contributed by atoms with van der Waals surface area (Å²) >= 11 is 0. The van der Waals surface area contributed by atoms with E-state index < -0.39 is 0 Å². The molecule has 4 aliphatic carbocycles. The van der Waals surface area contributed by atoms with E-state index in [2.05, 4.69) is 69.8 Å². The summed E-state index contributed by atoms with van der Waals surface area (Å²) in [5.41, 5.74) is 5.35. The van der Waals surface area contributed by atoms with Gasteiger partial charge in [0.1, 0.15) is 0 Å². The van der Waals surface area contributed by atoms with Crippen LogP contribution in [0.3, 0.4) is 0 Å².